The van der Waals surface area contributed by atoms with Crippen LogP contribution < -0.4 is 16.2 Å². The molecule has 2 aromatic rings. The summed E-state index contributed by atoms with van der Waals surface area (Å²) in [5.74, 6) is 0.733. The number of piperidine rings is 1. The van der Waals surface area contributed by atoms with E-state index >= 15 is 0 Å². The van der Waals surface area contributed by atoms with Crippen molar-refractivity contribution in [1.82, 2.24) is 25.2 Å². The number of H-pyrrole nitrogens is 1. The van der Waals surface area contributed by atoms with Crippen molar-refractivity contribution in [3.8, 4) is 0 Å². The van der Waals surface area contributed by atoms with Gasteiger partial charge in [0.1, 0.15) is 0 Å². The zero-order valence-electron chi connectivity index (χ0n) is 15.1. The first-order valence-corrected chi connectivity index (χ1v) is 8.60. The van der Waals surface area contributed by atoms with Crippen molar-refractivity contribution in [2.75, 3.05) is 13.1 Å². The van der Waals surface area contributed by atoms with E-state index in [1.54, 1.807) is 4.52 Å². The van der Waals surface area contributed by atoms with Crippen LogP contribution in [0, 0.1) is 19.8 Å². The van der Waals surface area contributed by atoms with Crippen molar-refractivity contribution in [2.45, 2.75) is 46.1 Å². The molecular weight excluding hydrogens is 377 g/mol. The highest BCUT2D eigenvalue weighted by Crippen LogP contribution is 2.18. The monoisotopic (exact) mass is 403 g/mol. The molecule has 0 radical (unpaired) electrons. The van der Waals surface area contributed by atoms with Crippen molar-refractivity contribution < 1.29 is 4.79 Å². The normalized spacial score (nSPS) is 14.5. The molecule has 0 atom stereocenters. The molecule has 2 aromatic heterocycles. The molecule has 26 heavy (non-hydrogen) atoms. The summed E-state index contributed by atoms with van der Waals surface area (Å²) in [5, 5.41) is 9.06. The Bertz CT molecular complexity index is 796. The van der Waals surface area contributed by atoms with Gasteiger partial charge in [0.05, 0.1) is 0 Å². The molecule has 0 unspecified atom stereocenters. The van der Waals surface area contributed by atoms with Crippen LogP contribution in [0.25, 0.3) is 5.65 Å². The van der Waals surface area contributed by atoms with E-state index in [-0.39, 0.29) is 36.3 Å². The summed E-state index contributed by atoms with van der Waals surface area (Å²) >= 11 is 0. The Hall–Kier alpha value is -1.57. The Morgan fingerprint density at radius 1 is 1.31 bits per heavy atom. The zero-order valence-corrected chi connectivity index (χ0v) is 16.8. The molecule has 1 fully saturated rings. The average Bonchev–Trinajstić information content (AvgIpc) is 2.94. The van der Waals surface area contributed by atoms with Gasteiger partial charge in [0.25, 0.3) is 5.56 Å². The fourth-order valence-corrected chi connectivity index (χ4v) is 3.39. The Morgan fingerprint density at radius 3 is 2.69 bits per heavy atom. The van der Waals surface area contributed by atoms with Crippen LogP contribution in [0.4, 0.5) is 0 Å². The van der Waals surface area contributed by atoms with Crippen LogP contribution in [0.1, 0.15) is 42.6 Å². The molecular formula is C17H27Cl2N5O2. The lowest BCUT2D eigenvalue weighted by Crippen LogP contribution is -2.29. The topological polar surface area (TPSA) is 91.3 Å². The number of hydrogen-bond donors (Lipinski definition) is 3. The predicted octanol–water partition coefficient (Wildman–Crippen LogP) is 1.88. The third-order valence-electron chi connectivity index (χ3n) is 4.90. The van der Waals surface area contributed by atoms with Gasteiger partial charge in [0.15, 0.2) is 5.65 Å². The summed E-state index contributed by atoms with van der Waals surface area (Å²) in [5.41, 5.74) is 3.12. The minimum Gasteiger partial charge on any atom is -0.352 e. The van der Waals surface area contributed by atoms with Crippen LogP contribution in [0.5, 0.6) is 0 Å². The van der Waals surface area contributed by atoms with Gasteiger partial charge in [-0.3, -0.25) is 14.7 Å². The van der Waals surface area contributed by atoms with Crippen molar-refractivity contribution in [2.24, 2.45) is 5.92 Å². The highest BCUT2D eigenvalue weighted by Gasteiger charge is 2.15. The number of aromatic amines is 1. The highest BCUT2D eigenvalue weighted by molar-refractivity contribution is 5.85. The third-order valence-corrected chi connectivity index (χ3v) is 4.90. The van der Waals surface area contributed by atoms with Gasteiger partial charge in [-0.05, 0) is 52.1 Å². The summed E-state index contributed by atoms with van der Waals surface area (Å²) in [7, 11) is 0. The van der Waals surface area contributed by atoms with Crippen molar-refractivity contribution in [3.63, 3.8) is 0 Å². The molecule has 1 saturated heterocycles. The lowest BCUT2D eigenvalue weighted by atomic mass is 9.93. The lowest BCUT2D eigenvalue weighted by molar-refractivity contribution is -0.121. The van der Waals surface area contributed by atoms with Gasteiger partial charge in [0.2, 0.25) is 5.91 Å². The summed E-state index contributed by atoms with van der Waals surface area (Å²) in [6.07, 6.45) is 3.84. The van der Waals surface area contributed by atoms with Gasteiger partial charge < -0.3 is 10.6 Å². The summed E-state index contributed by atoms with van der Waals surface area (Å²) in [4.78, 5) is 28.0. The maximum atomic E-state index is 12.1. The molecule has 1 aliphatic rings. The average molecular weight is 404 g/mol. The van der Waals surface area contributed by atoms with E-state index in [0.29, 0.717) is 24.5 Å². The second-order valence-electron chi connectivity index (χ2n) is 6.58. The highest BCUT2D eigenvalue weighted by atomic mass is 35.5. The second kappa shape index (κ2) is 9.94. The number of carbonyl (C=O) groups excluding carboxylic acids is 1. The Kier molecular flexibility index (Phi) is 8.59. The minimum atomic E-state index is -0.173. The fourth-order valence-electron chi connectivity index (χ4n) is 3.39. The van der Waals surface area contributed by atoms with Crippen LogP contribution in [-0.4, -0.2) is 33.6 Å². The number of carbonyl (C=O) groups is 1. The number of nitrogens with zero attached hydrogens (tertiary/aromatic N) is 2. The van der Waals surface area contributed by atoms with E-state index in [9.17, 15) is 9.59 Å². The quantitative estimate of drug-likeness (QED) is 0.710. The number of hydrogen-bond acceptors (Lipinski definition) is 4. The number of amides is 1. The molecule has 3 rings (SSSR count). The van der Waals surface area contributed by atoms with E-state index in [1.807, 2.05) is 13.8 Å². The van der Waals surface area contributed by atoms with E-state index < -0.39 is 0 Å². The first-order valence-electron chi connectivity index (χ1n) is 8.60. The SMILES string of the molecule is Cc1nc2cc(=O)[nH]n2c(C)c1CNC(=O)CCC1CCNCC1.Cl.Cl. The molecule has 0 saturated carbocycles. The molecule has 146 valence electrons. The second-order valence-corrected chi connectivity index (χ2v) is 6.58. The van der Waals surface area contributed by atoms with Gasteiger partial charge in [-0.25, -0.2) is 9.50 Å². The van der Waals surface area contributed by atoms with Crippen molar-refractivity contribution in [1.29, 1.82) is 0 Å². The Morgan fingerprint density at radius 2 is 2.00 bits per heavy atom. The lowest BCUT2D eigenvalue weighted by Gasteiger charge is -2.22. The number of halogens is 2. The standard InChI is InChI=1S/C17H25N5O2.2ClH/c1-11-14(12(2)22-15(20-11)9-17(24)21-22)10-19-16(23)4-3-13-5-7-18-8-6-13;;/h9,13,18H,3-8,10H2,1-2H3,(H,19,23)(H,21,24);2*1H. The summed E-state index contributed by atoms with van der Waals surface area (Å²) in [6, 6.07) is 1.47. The third kappa shape index (κ3) is 5.22. The molecule has 0 aromatic carbocycles. The van der Waals surface area contributed by atoms with Crippen LogP contribution in [0.15, 0.2) is 10.9 Å². The first-order chi connectivity index (χ1) is 11.5. The van der Waals surface area contributed by atoms with Gasteiger partial charge in [0, 0.05) is 36.0 Å². The Balaban J connectivity index is 0.00000169. The molecule has 0 bridgehead atoms. The number of aromatic nitrogens is 3. The van der Waals surface area contributed by atoms with E-state index in [2.05, 4.69) is 20.7 Å². The van der Waals surface area contributed by atoms with Gasteiger partial charge in [-0.1, -0.05) is 0 Å². The molecule has 3 heterocycles. The summed E-state index contributed by atoms with van der Waals surface area (Å²) in [6.45, 7) is 6.39. The molecule has 9 heteroatoms. The van der Waals surface area contributed by atoms with Gasteiger partial charge >= 0.3 is 0 Å². The molecule has 0 spiro atoms. The molecule has 1 amide bonds. The van der Waals surface area contributed by atoms with Crippen LogP contribution in [-0.2, 0) is 11.3 Å². The van der Waals surface area contributed by atoms with Crippen LogP contribution >= 0.6 is 24.8 Å². The number of aryl methyl sites for hydroxylation is 2. The summed E-state index contributed by atoms with van der Waals surface area (Å²) < 4.78 is 1.67. The van der Waals surface area contributed by atoms with E-state index in [4.69, 9.17) is 0 Å². The predicted molar refractivity (Wildman–Crippen MR) is 106 cm³/mol. The first kappa shape index (κ1) is 22.5. The van der Waals surface area contributed by atoms with Crippen LogP contribution in [0.3, 0.4) is 0 Å². The van der Waals surface area contributed by atoms with Crippen molar-refractivity contribution in [3.05, 3.63) is 33.4 Å². The number of nitrogens with one attached hydrogen (secondary N) is 3. The molecule has 1 aliphatic heterocycles. The zero-order chi connectivity index (χ0) is 17.1. The maximum Gasteiger partial charge on any atom is 0.266 e. The maximum absolute atomic E-state index is 12.1. The van der Waals surface area contributed by atoms with Gasteiger partial charge in [-0.15, -0.1) is 24.8 Å². The van der Waals surface area contributed by atoms with Gasteiger partial charge in [-0.2, -0.15) is 0 Å². The minimum absolute atomic E-state index is 0. The number of fused-ring (bicyclic) bond motifs is 1. The molecule has 0 aliphatic carbocycles. The number of rotatable bonds is 5. The van der Waals surface area contributed by atoms with E-state index in [0.717, 1.165) is 49.3 Å². The van der Waals surface area contributed by atoms with Crippen LogP contribution in [0.2, 0.25) is 0 Å². The van der Waals surface area contributed by atoms with E-state index in [1.165, 1.54) is 6.07 Å². The van der Waals surface area contributed by atoms with Crippen molar-refractivity contribution >= 4 is 36.4 Å². The smallest absolute Gasteiger partial charge is 0.266 e. The Labute approximate surface area is 165 Å². The fraction of sp³-hybridized carbons (Fsp3) is 0.588. The molecule has 3 N–H and O–H groups in total. The molecule has 7 nitrogen and oxygen atoms in total. The largest absolute Gasteiger partial charge is 0.352 e.